The molecule has 1 aromatic rings. The number of carboxylic acids is 1. The molecule has 1 aliphatic rings. The number of anilines is 1. The number of aromatic nitrogens is 2. The summed E-state index contributed by atoms with van der Waals surface area (Å²) in [4.78, 5) is 11.1. The van der Waals surface area contributed by atoms with Crippen LogP contribution < -0.4 is 5.32 Å². The average molecular weight is 283 g/mol. The molecule has 18 heavy (non-hydrogen) atoms. The van der Waals surface area contributed by atoms with E-state index in [0.717, 1.165) is 0 Å². The van der Waals surface area contributed by atoms with Crippen molar-refractivity contribution in [2.45, 2.75) is 18.1 Å². The van der Waals surface area contributed by atoms with Crippen LogP contribution in [0, 0.1) is 0 Å². The summed E-state index contributed by atoms with van der Waals surface area (Å²) < 4.78 is 41.9. The Hall–Kier alpha value is -1.42. The lowest BCUT2D eigenvalue weighted by Crippen LogP contribution is -2.47. The number of alkyl halides is 3. The Morgan fingerprint density at radius 2 is 2.22 bits per heavy atom. The molecule has 1 unspecified atom stereocenters. The Bertz CT molecular complexity index is 456. The fourth-order valence-electron chi connectivity index (χ4n) is 1.48. The molecule has 1 atom stereocenters. The molecule has 100 valence electrons. The van der Waals surface area contributed by atoms with Crippen LogP contribution in [-0.4, -0.2) is 40.0 Å². The van der Waals surface area contributed by atoms with Crippen molar-refractivity contribution in [3.63, 3.8) is 0 Å². The summed E-state index contributed by atoms with van der Waals surface area (Å²) >= 11 is 0.265. The van der Waals surface area contributed by atoms with Gasteiger partial charge in [-0.2, -0.15) is 13.2 Å². The minimum absolute atomic E-state index is 0.122. The second kappa shape index (κ2) is 4.35. The molecule has 1 fully saturated rings. The number of nitrogens with zero attached hydrogens (tertiary/aromatic N) is 2. The predicted molar refractivity (Wildman–Crippen MR) is 54.3 cm³/mol. The Morgan fingerprint density at radius 1 is 1.50 bits per heavy atom. The summed E-state index contributed by atoms with van der Waals surface area (Å²) in [6, 6.07) is 0. The summed E-state index contributed by atoms with van der Waals surface area (Å²) in [5, 5.41) is 16.5. The van der Waals surface area contributed by atoms with Crippen molar-refractivity contribution in [3.8, 4) is 0 Å². The predicted octanol–water partition coefficient (Wildman–Crippen LogP) is 1.21. The lowest BCUT2D eigenvalue weighted by atomic mass is 10.00. The third kappa shape index (κ3) is 2.38. The molecule has 0 bridgehead atoms. The summed E-state index contributed by atoms with van der Waals surface area (Å²) in [7, 11) is 0. The van der Waals surface area contributed by atoms with Gasteiger partial charge in [0.25, 0.3) is 0 Å². The molecule has 2 rings (SSSR count). The molecular weight excluding hydrogens is 275 g/mol. The van der Waals surface area contributed by atoms with Gasteiger partial charge >= 0.3 is 12.1 Å². The first-order valence-electron chi connectivity index (χ1n) is 4.83. The van der Waals surface area contributed by atoms with Crippen molar-refractivity contribution in [2.75, 3.05) is 18.5 Å². The third-order valence-electron chi connectivity index (χ3n) is 2.44. The van der Waals surface area contributed by atoms with E-state index in [0.29, 0.717) is 0 Å². The van der Waals surface area contributed by atoms with E-state index in [9.17, 15) is 18.0 Å². The smallest absolute Gasteiger partial charge is 0.445 e. The number of nitrogens with one attached hydrogen (secondary N) is 1. The van der Waals surface area contributed by atoms with Gasteiger partial charge in [-0.05, 0) is 0 Å². The second-order valence-electron chi connectivity index (χ2n) is 3.72. The molecular formula is C8H8F3N3O3S. The highest BCUT2D eigenvalue weighted by Crippen LogP contribution is 2.34. The standard InChI is InChI=1S/C8H8F3N3O3S/c9-8(10,11)4-13-14-6(18-4)12-7(5(15)16)1-2-17-3-7/h1-3H2,(H,12,14)(H,15,16). The summed E-state index contributed by atoms with van der Waals surface area (Å²) in [5.74, 6) is -1.19. The van der Waals surface area contributed by atoms with Gasteiger partial charge in [-0.3, -0.25) is 0 Å². The van der Waals surface area contributed by atoms with Gasteiger partial charge in [0, 0.05) is 13.0 Å². The lowest BCUT2D eigenvalue weighted by molar-refractivity contribution is -0.142. The fourth-order valence-corrected chi connectivity index (χ4v) is 2.19. The Balaban J connectivity index is 2.18. The van der Waals surface area contributed by atoms with Gasteiger partial charge in [0.2, 0.25) is 10.1 Å². The maximum Gasteiger partial charge on any atom is 0.445 e. The van der Waals surface area contributed by atoms with E-state index in [1.165, 1.54) is 0 Å². The summed E-state index contributed by atoms with van der Waals surface area (Å²) in [6.45, 7) is 0.105. The third-order valence-corrected chi connectivity index (χ3v) is 3.33. The minimum Gasteiger partial charge on any atom is -0.479 e. The Morgan fingerprint density at radius 3 is 2.67 bits per heavy atom. The van der Waals surface area contributed by atoms with Crippen molar-refractivity contribution in [1.29, 1.82) is 0 Å². The molecule has 0 aromatic carbocycles. The molecule has 1 saturated heterocycles. The highest BCUT2D eigenvalue weighted by molar-refractivity contribution is 7.15. The molecule has 2 heterocycles. The van der Waals surface area contributed by atoms with Crippen molar-refractivity contribution in [3.05, 3.63) is 5.01 Å². The fraction of sp³-hybridized carbons (Fsp3) is 0.625. The van der Waals surface area contributed by atoms with Crippen LogP contribution in [-0.2, 0) is 15.7 Å². The van der Waals surface area contributed by atoms with Crippen LogP contribution in [0.4, 0.5) is 18.3 Å². The Kier molecular flexibility index (Phi) is 3.15. The molecule has 0 aliphatic carbocycles. The van der Waals surface area contributed by atoms with Crippen molar-refractivity contribution in [1.82, 2.24) is 10.2 Å². The van der Waals surface area contributed by atoms with Gasteiger partial charge < -0.3 is 15.2 Å². The molecule has 0 amide bonds. The zero-order chi connectivity index (χ0) is 13.4. The van der Waals surface area contributed by atoms with E-state index in [-0.39, 0.29) is 36.1 Å². The van der Waals surface area contributed by atoms with Crippen molar-refractivity contribution >= 4 is 22.4 Å². The van der Waals surface area contributed by atoms with Crippen LogP contribution in [0.25, 0.3) is 0 Å². The molecule has 10 heteroatoms. The van der Waals surface area contributed by atoms with Crippen LogP contribution >= 0.6 is 11.3 Å². The molecule has 2 N–H and O–H groups in total. The average Bonchev–Trinajstić information content (AvgIpc) is 2.86. The van der Waals surface area contributed by atoms with E-state index >= 15 is 0 Å². The van der Waals surface area contributed by atoms with E-state index < -0.39 is 22.7 Å². The number of rotatable bonds is 3. The summed E-state index contributed by atoms with van der Waals surface area (Å²) in [6.07, 6.45) is -4.43. The largest absolute Gasteiger partial charge is 0.479 e. The molecule has 0 saturated carbocycles. The van der Waals surface area contributed by atoms with Crippen molar-refractivity contribution in [2.24, 2.45) is 0 Å². The van der Waals surface area contributed by atoms with Crippen LogP contribution in [0.3, 0.4) is 0 Å². The van der Waals surface area contributed by atoms with Gasteiger partial charge in [0.1, 0.15) is 0 Å². The van der Waals surface area contributed by atoms with Crippen LogP contribution in [0.15, 0.2) is 0 Å². The molecule has 1 aromatic heterocycles. The second-order valence-corrected chi connectivity index (χ2v) is 4.70. The van der Waals surface area contributed by atoms with E-state index in [1.54, 1.807) is 0 Å². The number of hydrogen-bond donors (Lipinski definition) is 2. The lowest BCUT2D eigenvalue weighted by Gasteiger charge is -2.22. The first-order chi connectivity index (χ1) is 8.33. The minimum atomic E-state index is -4.58. The number of aliphatic carboxylic acids is 1. The topological polar surface area (TPSA) is 84.3 Å². The van der Waals surface area contributed by atoms with Crippen molar-refractivity contribution < 1.29 is 27.8 Å². The molecule has 0 radical (unpaired) electrons. The highest BCUT2D eigenvalue weighted by atomic mass is 32.1. The molecule has 6 nitrogen and oxygen atoms in total. The van der Waals surface area contributed by atoms with Gasteiger partial charge in [0.15, 0.2) is 5.54 Å². The van der Waals surface area contributed by atoms with Crippen LogP contribution in [0.5, 0.6) is 0 Å². The first-order valence-corrected chi connectivity index (χ1v) is 5.65. The normalized spacial score (nSPS) is 24.2. The van der Waals surface area contributed by atoms with Crippen LogP contribution in [0.2, 0.25) is 0 Å². The van der Waals surface area contributed by atoms with E-state index in [4.69, 9.17) is 9.84 Å². The number of hydrogen-bond acceptors (Lipinski definition) is 6. The number of ether oxygens (including phenoxy) is 1. The molecule has 0 spiro atoms. The van der Waals surface area contributed by atoms with Gasteiger partial charge in [-0.25, -0.2) is 4.79 Å². The molecule has 1 aliphatic heterocycles. The SMILES string of the molecule is O=C(O)C1(Nc2nnc(C(F)(F)F)s2)CCOC1. The highest BCUT2D eigenvalue weighted by Gasteiger charge is 2.44. The zero-order valence-electron chi connectivity index (χ0n) is 8.82. The summed E-state index contributed by atoms with van der Waals surface area (Å²) in [5.41, 5.74) is -1.43. The number of carboxylic acid groups (broad SMARTS) is 1. The van der Waals surface area contributed by atoms with Gasteiger partial charge in [-0.1, -0.05) is 11.3 Å². The number of carbonyl (C=O) groups is 1. The van der Waals surface area contributed by atoms with Crippen LogP contribution in [0.1, 0.15) is 11.4 Å². The quantitative estimate of drug-likeness (QED) is 0.867. The van der Waals surface area contributed by atoms with Gasteiger partial charge in [-0.15, -0.1) is 10.2 Å². The Labute approximate surface area is 103 Å². The maximum atomic E-state index is 12.3. The monoisotopic (exact) mass is 283 g/mol. The van der Waals surface area contributed by atoms with E-state index in [2.05, 4.69) is 15.5 Å². The van der Waals surface area contributed by atoms with Gasteiger partial charge in [0.05, 0.1) is 6.61 Å². The van der Waals surface area contributed by atoms with E-state index in [1.807, 2.05) is 0 Å². The zero-order valence-corrected chi connectivity index (χ0v) is 9.64. The first kappa shape index (κ1) is 13.0. The maximum absolute atomic E-state index is 12.3. The number of halogens is 3.